The molecular weight excluding hydrogens is 154 g/mol. The average molecular weight is 173 g/mol. The summed E-state index contributed by atoms with van der Waals surface area (Å²) < 4.78 is 0. The lowest BCUT2D eigenvalue weighted by Gasteiger charge is -2.25. The Labute approximate surface area is 74.4 Å². The SMILES string of the molecule is CCCN(CC)C(CC)C(=O)O. The summed E-state index contributed by atoms with van der Waals surface area (Å²) in [6, 6.07) is -0.296. The van der Waals surface area contributed by atoms with E-state index in [2.05, 4.69) is 6.92 Å². The zero-order valence-electron chi connectivity index (χ0n) is 8.21. The van der Waals surface area contributed by atoms with Crippen LogP contribution in [0.5, 0.6) is 0 Å². The van der Waals surface area contributed by atoms with Crippen LogP contribution < -0.4 is 0 Å². The molecule has 0 spiro atoms. The highest BCUT2D eigenvalue weighted by Crippen LogP contribution is 2.04. The lowest BCUT2D eigenvalue weighted by atomic mass is 10.2. The van der Waals surface area contributed by atoms with Gasteiger partial charge in [0.2, 0.25) is 0 Å². The standard InChI is InChI=1S/C9H19NO2/c1-4-7-10(6-3)8(5-2)9(11)12/h8H,4-7H2,1-3H3,(H,11,12). The molecule has 0 heterocycles. The lowest BCUT2D eigenvalue weighted by molar-refractivity contribution is -0.143. The number of rotatable bonds is 6. The first-order valence-corrected chi connectivity index (χ1v) is 4.64. The maximum absolute atomic E-state index is 10.8. The van der Waals surface area contributed by atoms with Crippen LogP contribution in [0.1, 0.15) is 33.6 Å². The summed E-state index contributed by atoms with van der Waals surface area (Å²) in [6.07, 6.45) is 1.70. The van der Waals surface area contributed by atoms with Crippen molar-refractivity contribution in [2.45, 2.75) is 39.7 Å². The number of likely N-dealkylation sites (N-methyl/N-ethyl adjacent to an activating group) is 1. The van der Waals surface area contributed by atoms with Crippen molar-refractivity contribution in [1.29, 1.82) is 0 Å². The van der Waals surface area contributed by atoms with Crippen LogP contribution in [0.2, 0.25) is 0 Å². The largest absolute Gasteiger partial charge is 0.480 e. The minimum atomic E-state index is -0.701. The van der Waals surface area contributed by atoms with E-state index in [0.717, 1.165) is 19.5 Å². The van der Waals surface area contributed by atoms with Crippen molar-refractivity contribution in [1.82, 2.24) is 4.90 Å². The van der Waals surface area contributed by atoms with Gasteiger partial charge in [0, 0.05) is 0 Å². The Morgan fingerprint density at radius 3 is 2.25 bits per heavy atom. The average Bonchev–Trinajstić information content (AvgIpc) is 2.03. The molecule has 0 aliphatic heterocycles. The molecular formula is C9H19NO2. The fourth-order valence-electron chi connectivity index (χ4n) is 1.41. The number of carboxylic acids is 1. The molecule has 12 heavy (non-hydrogen) atoms. The van der Waals surface area contributed by atoms with Gasteiger partial charge in [-0.05, 0) is 25.9 Å². The minimum Gasteiger partial charge on any atom is -0.480 e. The molecule has 1 unspecified atom stereocenters. The van der Waals surface area contributed by atoms with E-state index in [-0.39, 0.29) is 6.04 Å². The van der Waals surface area contributed by atoms with Crippen LogP contribution in [0.3, 0.4) is 0 Å². The molecule has 1 atom stereocenters. The smallest absolute Gasteiger partial charge is 0.320 e. The van der Waals surface area contributed by atoms with Crippen molar-refractivity contribution in [2.75, 3.05) is 13.1 Å². The van der Waals surface area contributed by atoms with Gasteiger partial charge in [0.25, 0.3) is 0 Å². The summed E-state index contributed by atoms with van der Waals surface area (Å²) in [4.78, 5) is 12.8. The summed E-state index contributed by atoms with van der Waals surface area (Å²) in [5.74, 6) is -0.701. The monoisotopic (exact) mass is 173 g/mol. The van der Waals surface area contributed by atoms with E-state index in [4.69, 9.17) is 5.11 Å². The summed E-state index contributed by atoms with van der Waals surface area (Å²) in [6.45, 7) is 7.68. The third kappa shape index (κ3) is 3.22. The van der Waals surface area contributed by atoms with Crippen molar-refractivity contribution in [3.8, 4) is 0 Å². The van der Waals surface area contributed by atoms with Crippen molar-refractivity contribution >= 4 is 5.97 Å². The molecule has 3 nitrogen and oxygen atoms in total. The minimum absolute atomic E-state index is 0.296. The van der Waals surface area contributed by atoms with Crippen molar-refractivity contribution in [2.24, 2.45) is 0 Å². The first-order valence-electron chi connectivity index (χ1n) is 4.64. The number of hydrogen-bond donors (Lipinski definition) is 1. The summed E-state index contributed by atoms with van der Waals surface area (Å²) in [5.41, 5.74) is 0. The molecule has 0 aromatic rings. The van der Waals surface area contributed by atoms with Crippen LogP contribution in [-0.4, -0.2) is 35.1 Å². The maximum atomic E-state index is 10.8. The van der Waals surface area contributed by atoms with E-state index >= 15 is 0 Å². The van der Waals surface area contributed by atoms with E-state index in [9.17, 15) is 4.79 Å². The third-order valence-corrected chi connectivity index (χ3v) is 2.03. The first kappa shape index (κ1) is 11.4. The molecule has 0 fully saturated rings. The van der Waals surface area contributed by atoms with Crippen molar-refractivity contribution in [3.63, 3.8) is 0 Å². The number of carboxylic acid groups (broad SMARTS) is 1. The summed E-state index contributed by atoms with van der Waals surface area (Å²) in [7, 11) is 0. The zero-order chi connectivity index (χ0) is 9.56. The predicted octanol–water partition coefficient (Wildman–Crippen LogP) is 1.58. The second-order valence-corrected chi connectivity index (χ2v) is 2.89. The fourth-order valence-corrected chi connectivity index (χ4v) is 1.41. The Kier molecular flexibility index (Phi) is 5.72. The van der Waals surface area contributed by atoms with Gasteiger partial charge in [0.1, 0.15) is 6.04 Å². The molecule has 0 aromatic heterocycles. The van der Waals surface area contributed by atoms with E-state index in [1.165, 1.54) is 0 Å². The number of aliphatic carboxylic acids is 1. The number of carbonyl (C=O) groups is 1. The van der Waals surface area contributed by atoms with Gasteiger partial charge >= 0.3 is 5.97 Å². The van der Waals surface area contributed by atoms with Crippen LogP contribution >= 0.6 is 0 Å². The van der Waals surface area contributed by atoms with Crippen LogP contribution in [0.4, 0.5) is 0 Å². The van der Waals surface area contributed by atoms with Gasteiger partial charge in [-0.1, -0.05) is 20.8 Å². The van der Waals surface area contributed by atoms with Gasteiger partial charge in [-0.3, -0.25) is 9.69 Å². The number of nitrogens with zero attached hydrogens (tertiary/aromatic N) is 1. The summed E-state index contributed by atoms with van der Waals surface area (Å²) in [5, 5.41) is 8.86. The predicted molar refractivity (Wildman–Crippen MR) is 49.3 cm³/mol. The molecule has 0 rings (SSSR count). The van der Waals surface area contributed by atoms with Crippen LogP contribution in [0, 0.1) is 0 Å². The molecule has 1 N–H and O–H groups in total. The molecule has 0 radical (unpaired) electrons. The highest BCUT2D eigenvalue weighted by atomic mass is 16.4. The zero-order valence-corrected chi connectivity index (χ0v) is 8.21. The maximum Gasteiger partial charge on any atom is 0.320 e. The van der Waals surface area contributed by atoms with Gasteiger partial charge in [-0.2, -0.15) is 0 Å². The third-order valence-electron chi connectivity index (χ3n) is 2.03. The van der Waals surface area contributed by atoms with Crippen LogP contribution in [0.15, 0.2) is 0 Å². The summed E-state index contributed by atoms with van der Waals surface area (Å²) >= 11 is 0. The van der Waals surface area contributed by atoms with Gasteiger partial charge in [-0.15, -0.1) is 0 Å². The molecule has 72 valence electrons. The van der Waals surface area contributed by atoms with Crippen LogP contribution in [0.25, 0.3) is 0 Å². The van der Waals surface area contributed by atoms with Gasteiger partial charge in [0.15, 0.2) is 0 Å². The molecule has 0 bridgehead atoms. The van der Waals surface area contributed by atoms with E-state index in [1.54, 1.807) is 0 Å². The highest BCUT2D eigenvalue weighted by Gasteiger charge is 2.20. The molecule has 0 saturated heterocycles. The Hall–Kier alpha value is -0.570. The van der Waals surface area contributed by atoms with Gasteiger partial charge in [-0.25, -0.2) is 0 Å². The fraction of sp³-hybridized carbons (Fsp3) is 0.889. The lowest BCUT2D eigenvalue weighted by Crippen LogP contribution is -2.41. The Morgan fingerprint density at radius 1 is 1.42 bits per heavy atom. The van der Waals surface area contributed by atoms with E-state index in [0.29, 0.717) is 6.42 Å². The van der Waals surface area contributed by atoms with E-state index in [1.807, 2.05) is 18.7 Å². The van der Waals surface area contributed by atoms with Gasteiger partial charge < -0.3 is 5.11 Å². The molecule has 0 aliphatic rings. The normalized spacial score (nSPS) is 13.3. The second-order valence-electron chi connectivity index (χ2n) is 2.89. The molecule has 3 heteroatoms. The molecule has 0 aromatic carbocycles. The molecule has 0 saturated carbocycles. The Morgan fingerprint density at radius 2 is 2.00 bits per heavy atom. The van der Waals surface area contributed by atoms with Crippen molar-refractivity contribution in [3.05, 3.63) is 0 Å². The van der Waals surface area contributed by atoms with Gasteiger partial charge in [0.05, 0.1) is 0 Å². The van der Waals surface area contributed by atoms with E-state index < -0.39 is 5.97 Å². The topological polar surface area (TPSA) is 40.5 Å². The number of hydrogen-bond acceptors (Lipinski definition) is 2. The van der Waals surface area contributed by atoms with Crippen LogP contribution in [-0.2, 0) is 4.79 Å². The quantitative estimate of drug-likeness (QED) is 0.663. The Balaban J connectivity index is 4.12. The Bertz CT molecular complexity index is 136. The highest BCUT2D eigenvalue weighted by molar-refractivity contribution is 5.73. The molecule has 0 amide bonds. The molecule has 0 aliphatic carbocycles. The first-order chi connectivity index (χ1) is 5.67. The second kappa shape index (κ2) is 6.00. The van der Waals surface area contributed by atoms with Crippen molar-refractivity contribution < 1.29 is 9.90 Å².